The van der Waals surface area contributed by atoms with Crippen LogP contribution in [0.25, 0.3) is 5.69 Å². The Balaban J connectivity index is 1.32. The van der Waals surface area contributed by atoms with E-state index in [1.807, 2.05) is 16.8 Å². The van der Waals surface area contributed by atoms with Crippen LogP contribution in [0.4, 0.5) is 5.82 Å². The zero-order chi connectivity index (χ0) is 20.3. The zero-order valence-corrected chi connectivity index (χ0v) is 17.9. The topological polar surface area (TPSA) is 64.7 Å². The number of thioether (sulfide) groups is 1. The number of hydrogen-bond donors (Lipinski definition) is 1. The Kier molecular flexibility index (Phi) is 5.62. The molecule has 6 nitrogen and oxygen atoms in total. The van der Waals surface area contributed by atoms with Gasteiger partial charge in [0.1, 0.15) is 5.82 Å². The lowest BCUT2D eigenvalue weighted by atomic mass is 10.0. The number of benzene rings is 1. The monoisotopic (exact) mass is 421 g/mol. The molecule has 1 saturated carbocycles. The number of hydrogen-bond acceptors (Lipinski definition) is 4. The summed E-state index contributed by atoms with van der Waals surface area (Å²) < 4.78 is 4.23. The molecule has 2 heterocycles. The number of carbonyl (C=O) groups excluding carboxylic acids is 1. The van der Waals surface area contributed by atoms with Crippen molar-refractivity contribution < 1.29 is 4.79 Å². The summed E-state index contributed by atoms with van der Waals surface area (Å²) in [4.78, 5) is 17.6. The van der Waals surface area contributed by atoms with Gasteiger partial charge in [0.15, 0.2) is 5.16 Å². The van der Waals surface area contributed by atoms with Gasteiger partial charge in [-0.15, -0.1) is 0 Å². The molecule has 1 amide bonds. The maximum Gasteiger partial charge on any atom is 0.235 e. The lowest BCUT2D eigenvalue weighted by Crippen LogP contribution is -2.19. The number of aryl methyl sites for hydroxylation is 1. The molecule has 2 aromatic heterocycles. The van der Waals surface area contributed by atoms with Crippen molar-refractivity contribution in [2.45, 2.75) is 62.6 Å². The second-order valence-corrected chi connectivity index (χ2v) is 9.04. The van der Waals surface area contributed by atoms with Crippen LogP contribution in [0.3, 0.4) is 0 Å². The molecule has 0 spiro atoms. The number of nitrogens with zero attached hydrogens (tertiary/aromatic N) is 4. The predicted molar refractivity (Wildman–Crippen MR) is 119 cm³/mol. The van der Waals surface area contributed by atoms with Crippen molar-refractivity contribution in [1.29, 1.82) is 0 Å². The van der Waals surface area contributed by atoms with Gasteiger partial charge in [-0.2, -0.15) is 5.10 Å². The first kappa shape index (κ1) is 19.4. The molecule has 1 fully saturated rings. The highest BCUT2D eigenvalue weighted by atomic mass is 32.2. The van der Waals surface area contributed by atoms with E-state index in [1.54, 1.807) is 6.20 Å². The summed E-state index contributed by atoms with van der Waals surface area (Å²) in [6, 6.07) is 12.7. The molecule has 1 aromatic carbocycles. The molecule has 30 heavy (non-hydrogen) atoms. The second kappa shape index (κ2) is 8.68. The number of nitrogens with one attached hydrogen (secondary N) is 1. The van der Waals surface area contributed by atoms with E-state index >= 15 is 0 Å². The van der Waals surface area contributed by atoms with Crippen LogP contribution in [-0.2, 0) is 17.6 Å². The van der Waals surface area contributed by atoms with Crippen LogP contribution in [0.2, 0.25) is 0 Å². The number of para-hydroxylation sites is 1. The molecule has 156 valence electrons. The van der Waals surface area contributed by atoms with E-state index in [1.165, 1.54) is 48.8 Å². The van der Waals surface area contributed by atoms with Gasteiger partial charge in [-0.3, -0.25) is 9.36 Å². The standard InChI is InChI=1S/C23H27N5OS/c29-22(26-21-14-15-24-28(21)18-10-4-5-11-18)16-30-23-25-19-12-6-7-13-20(19)27(23)17-8-2-1-3-9-17/h1-3,8-9,14-15,18H,4-7,10-13,16H2,(H,26,29). The first-order chi connectivity index (χ1) is 14.8. The largest absolute Gasteiger partial charge is 0.310 e. The van der Waals surface area contributed by atoms with Crippen molar-refractivity contribution in [2.75, 3.05) is 11.1 Å². The van der Waals surface area contributed by atoms with Gasteiger partial charge >= 0.3 is 0 Å². The second-order valence-electron chi connectivity index (χ2n) is 8.10. The lowest BCUT2D eigenvalue weighted by molar-refractivity contribution is -0.113. The Labute approximate surface area is 181 Å². The fraction of sp³-hybridized carbons (Fsp3) is 0.435. The van der Waals surface area contributed by atoms with Crippen LogP contribution >= 0.6 is 11.8 Å². The minimum Gasteiger partial charge on any atom is -0.310 e. The Morgan fingerprint density at radius 1 is 1.07 bits per heavy atom. The average Bonchev–Trinajstić information content (AvgIpc) is 3.52. The zero-order valence-electron chi connectivity index (χ0n) is 17.1. The summed E-state index contributed by atoms with van der Waals surface area (Å²) in [6.45, 7) is 0. The van der Waals surface area contributed by atoms with Crippen LogP contribution in [0.15, 0.2) is 47.8 Å². The molecule has 0 saturated heterocycles. The molecule has 2 aliphatic rings. The summed E-state index contributed by atoms with van der Waals surface area (Å²) in [5, 5.41) is 8.42. The van der Waals surface area contributed by atoms with Crippen molar-refractivity contribution in [3.8, 4) is 5.69 Å². The van der Waals surface area contributed by atoms with E-state index in [-0.39, 0.29) is 5.91 Å². The number of carbonyl (C=O) groups is 1. The highest BCUT2D eigenvalue weighted by Gasteiger charge is 2.23. The molecule has 7 heteroatoms. The highest BCUT2D eigenvalue weighted by molar-refractivity contribution is 7.99. The summed E-state index contributed by atoms with van der Waals surface area (Å²) >= 11 is 1.51. The molecule has 0 bridgehead atoms. The Hall–Kier alpha value is -2.54. The summed E-state index contributed by atoms with van der Waals surface area (Å²) in [5.41, 5.74) is 3.61. The molecule has 5 rings (SSSR count). The van der Waals surface area contributed by atoms with Crippen LogP contribution < -0.4 is 5.32 Å². The van der Waals surface area contributed by atoms with E-state index in [0.717, 1.165) is 42.3 Å². The van der Waals surface area contributed by atoms with Gasteiger partial charge in [-0.25, -0.2) is 9.67 Å². The maximum absolute atomic E-state index is 12.7. The van der Waals surface area contributed by atoms with E-state index in [2.05, 4.69) is 39.2 Å². The normalized spacial score (nSPS) is 16.5. The van der Waals surface area contributed by atoms with Gasteiger partial charge in [-0.1, -0.05) is 42.8 Å². The molecule has 3 aromatic rings. The van der Waals surface area contributed by atoms with Gasteiger partial charge in [-0.05, 0) is 50.7 Å². The molecule has 2 aliphatic carbocycles. The number of rotatable bonds is 6. The smallest absolute Gasteiger partial charge is 0.235 e. The fourth-order valence-corrected chi connectivity index (χ4v) is 5.47. The number of fused-ring (bicyclic) bond motifs is 1. The van der Waals surface area contributed by atoms with Crippen molar-refractivity contribution in [3.05, 3.63) is 54.0 Å². The van der Waals surface area contributed by atoms with Crippen LogP contribution in [0.5, 0.6) is 0 Å². The van der Waals surface area contributed by atoms with Crippen molar-refractivity contribution in [2.24, 2.45) is 0 Å². The number of anilines is 1. The van der Waals surface area contributed by atoms with Crippen LogP contribution in [-0.4, -0.2) is 31.0 Å². The predicted octanol–water partition coefficient (Wildman–Crippen LogP) is 4.79. The van der Waals surface area contributed by atoms with Crippen molar-refractivity contribution in [1.82, 2.24) is 19.3 Å². The number of aromatic nitrogens is 4. The SMILES string of the molecule is O=C(CSc1nc2c(n1-c1ccccc1)CCCC2)Nc1ccnn1C1CCCC1. The minimum absolute atomic E-state index is 0.0136. The Morgan fingerprint density at radius 3 is 2.70 bits per heavy atom. The van der Waals surface area contributed by atoms with Gasteiger partial charge in [0.05, 0.1) is 23.7 Å². The average molecular weight is 422 g/mol. The van der Waals surface area contributed by atoms with Gasteiger partial charge in [0.2, 0.25) is 5.91 Å². The maximum atomic E-state index is 12.7. The van der Waals surface area contributed by atoms with E-state index in [0.29, 0.717) is 11.8 Å². The highest BCUT2D eigenvalue weighted by Crippen LogP contribution is 2.32. The Morgan fingerprint density at radius 2 is 1.87 bits per heavy atom. The van der Waals surface area contributed by atoms with Gasteiger partial charge in [0.25, 0.3) is 0 Å². The van der Waals surface area contributed by atoms with Crippen LogP contribution in [0, 0.1) is 0 Å². The summed E-state index contributed by atoms with van der Waals surface area (Å²) in [6.07, 6.45) is 11.0. The molecule has 0 unspecified atom stereocenters. The van der Waals surface area contributed by atoms with Crippen molar-refractivity contribution >= 4 is 23.5 Å². The first-order valence-corrected chi connectivity index (χ1v) is 11.9. The van der Waals surface area contributed by atoms with E-state index in [9.17, 15) is 4.79 Å². The summed E-state index contributed by atoms with van der Waals surface area (Å²) in [5.74, 6) is 1.12. The molecular weight excluding hydrogens is 394 g/mol. The van der Waals surface area contributed by atoms with E-state index < -0.39 is 0 Å². The molecule has 1 N–H and O–H groups in total. The molecule has 0 atom stereocenters. The molecule has 0 aliphatic heterocycles. The summed E-state index contributed by atoms with van der Waals surface area (Å²) in [7, 11) is 0. The molecular formula is C23H27N5OS. The fourth-order valence-electron chi connectivity index (χ4n) is 4.62. The minimum atomic E-state index is -0.0136. The lowest BCUT2D eigenvalue weighted by Gasteiger charge is -2.15. The number of amides is 1. The number of imidazole rings is 1. The van der Waals surface area contributed by atoms with Crippen LogP contribution in [0.1, 0.15) is 56.0 Å². The van der Waals surface area contributed by atoms with E-state index in [4.69, 9.17) is 4.98 Å². The van der Waals surface area contributed by atoms with Gasteiger partial charge in [0, 0.05) is 17.4 Å². The third-order valence-corrected chi connectivity index (χ3v) is 7.00. The van der Waals surface area contributed by atoms with Crippen molar-refractivity contribution in [3.63, 3.8) is 0 Å². The Bertz CT molecular complexity index is 1020. The third kappa shape index (κ3) is 3.90. The first-order valence-electron chi connectivity index (χ1n) is 10.9. The van der Waals surface area contributed by atoms with Gasteiger partial charge < -0.3 is 5.32 Å². The quantitative estimate of drug-likeness (QED) is 0.581. The third-order valence-electron chi connectivity index (χ3n) is 6.06. The molecule has 0 radical (unpaired) electrons.